The van der Waals surface area contributed by atoms with E-state index in [-0.39, 0.29) is 0 Å². The summed E-state index contributed by atoms with van der Waals surface area (Å²) in [5.41, 5.74) is 10.0. The molecule has 0 aliphatic heterocycles. The van der Waals surface area contributed by atoms with Gasteiger partial charge in [-0.2, -0.15) is 5.10 Å². The minimum absolute atomic E-state index is 0.502. The summed E-state index contributed by atoms with van der Waals surface area (Å²) in [7, 11) is 0. The van der Waals surface area contributed by atoms with E-state index in [9.17, 15) is 0 Å². The normalized spacial score (nSPS) is 14.6. The number of aromatic amines is 1. The molecule has 19 heavy (non-hydrogen) atoms. The Morgan fingerprint density at radius 3 is 2.74 bits per heavy atom. The molecule has 4 nitrogen and oxygen atoms in total. The van der Waals surface area contributed by atoms with Crippen molar-refractivity contribution in [1.82, 2.24) is 10.2 Å². The SMILES string of the molecule is Cc1cc(C)c(OCC2CC2)c(-c2cc(N)n[nH]2)c1. The van der Waals surface area contributed by atoms with E-state index in [0.29, 0.717) is 5.82 Å². The summed E-state index contributed by atoms with van der Waals surface area (Å²) < 4.78 is 6.02. The highest BCUT2D eigenvalue weighted by Crippen LogP contribution is 2.36. The molecule has 2 aromatic rings. The minimum Gasteiger partial charge on any atom is -0.492 e. The molecule has 1 saturated carbocycles. The van der Waals surface area contributed by atoms with E-state index in [1.54, 1.807) is 0 Å². The summed E-state index contributed by atoms with van der Waals surface area (Å²) in [6.45, 7) is 4.97. The summed E-state index contributed by atoms with van der Waals surface area (Å²) in [5, 5.41) is 6.96. The fourth-order valence-corrected chi connectivity index (χ4v) is 2.31. The van der Waals surface area contributed by atoms with Gasteiger partial charge in [0.25, 0.3) is 0 Å². The van der Waals surface area contributed by atoms with Crippen LogP contribution in [0, 0.1) is 19.8 Å². The molecule has 3 rings (SSSR count). The van der Waals surface area contributed by atoms with Gasteiger partial charge in [-0.1, -0.05) is 6.07 Å². The summed E-state index contributed by atoms with van der Waals surface area (Å²) in [5.74, 6) is 2.18. The monoisotopic (exact) mass is 257 g/mol. The number of anilines is 1. The Bertz CT molecular complexity index is 599. The van der Waals surface area contributed by atoms with Crippen molar-refractivity contribution in [3.05, 3.63) is 29.3 Å². The molecular weight excluding hydrogens is 238 g/mol. The average molecular weight is 257 g/mol. The molecule has 1 heterocycles. The molecular formula is C15H19N3O. The lowest BCUT2D eigenvalue weighted by Gasteiger charge is -2.14. The number of nitrogen functional groups attached to an aromatic ring is 1. The van der Waals surface area contributed by atoms with Crippen LogP contribution >= 0.6 is 0 Å². The molecule has 100 valence electrons. The van der Waals surface area contributed by atoms with E-state index in [1.807, 2.05) is 6.07 Å². The van der Waals surface area contributed by atoms with Crippen LogP contribution in [0.3, 0.4) is 0 Å². The first-order valence-corrected chi connectivity index (χ1v) is 6.69. The topological polar surface area (TPSA) is 63.9 Å². The molecule has 1 aliphatic carbocycles. The Hall–Kier alpha value is -1.97. The minimum atomic E-state index is 0.502. The molecule has 0 bridgehead atoms. The third-order valence-electron chi connectivity index (χ3n) is 3.47. The van der Waals surface area contributed by atoms with Crippen LogP contribution in [0.5, 0.6) is 5.75 Å². The molecule has 0 amide bonds. The van der Waals surface area contributed by atoms with E-state index in [2.05, 4.69) is 36.2 Å². The molecule has 4 heteroatoms. The lowest BCUT2D eigenvalue weighted by Crippen LogP contribution is -2.02. The number of aromatic nitrogens is 2. The second-order valence-corrected chi connectivity index (χ2v) is 5.42. The standard InChI is InChI=1S/C15H19N3O/c1-9-5-10(2)15(19-8-11-3-4-11)12(6-9)13-7-14(16)18-17-13/h5-7,11H,3-4,8H2,1-2H3,(H3,16,17,18). The highest BCUT2D eigenvalue weighted by Gasteiger charge is 2.23. The number of hydrogen-bond acceptors (Lipinski definition) is 3. The zero-order valence-electron chi connectivity index (χ0n) is 11.4. The summed E-state index contributed by atoms with van der Waals surface area (Å²) in [6.07, 6.45) is 2.58. The zero-order valence-corrected chi connectivity index (χ0v) is 11.4. The number of nitrogens with zero attached hydrogens (tertiary/aromatic N) is 1. The Morgan fingerprint density at radius 1 is 1.32 bits per heavy atom. The zero-order chi connectivity index (χ0) is 13.4. The third-order valence-corrected chi connectivity index (χ3v) is 3.47. The number of ether oxygens (including phenoxy) is 1. The van der Waals surface area contributed by atoms with Crippen molar-refractivity contribution >= 4 is 5.82 Å². The Morgan fingerprint density at radius 2 is 2.11 bits per heavy atom. The maximum Gasteiger partial charge on any atom is 0.145 e. The van der Waals surface area contributed by atoms with Gasteiger partial charge in [-0.25, -0.2) is 0 Å². The second kappa shape index (κ2) is 4.61. The van der Waals surface area contributed by atoms with Crippen LogP contribution in [-0.2, 0) is 0 Å². The predicted octanol–water partition coefficient (Wildman–Crippen LogP) is 3.06. The smallest absolute Gasteiger partial charge is 0.145 e. The number of hydrogen-bond donors (Lipinski definition) is 2. The first-order chi connectivity index (χ1) is 9.13. The van der Waals surface area contributed by atoms with E-state index >= 15 is 0 Å². The van der Waals surface area contributed by atoms with Crippen LogP contribution in [0.15, 0.2) is 18.2 Å². The summed E-state index contributed by atoms with van der Waals surface area (Å²) in [4.78, 5) is 0. The lowest BCUT2D eigenvalue weighted by molar-refractivity contribution is 0.299. The van der Waals surface area contributed by atoms with Crippen molar-refractivity contribution in [1.29, 1.82) is 0 Å². The van der Waals surface area contributed by atoms with Gasteiger partial charge in [0.1, 0.15) is 11.6 Å². The van der Waals surface area contributed by atoms with E-state index in [4.69, 9.17) is 10.5 Å². The Labute approximate surface area is 113 Å². The van der Waals surface area contributed by atoms with Gasteiger partial charge in [-0.05, 0) is 49.8 Å². The quantitative estimate of drug-likeness (QED) is 0.884. The average Bonchev–Trinajstić information content (AvgIpc) is 3.08. The highest BCUT2D eigenvalue weighted by atomic mass is 16.5. The van der Waals surface area contributed by atoms with Crippen molar-refractivity contribution in [2.24, 2.45) is 5.92 Å². The van der Waals surface area contributed by atoms with Crippen molar-refractivity contribution in [2.45, 2.75) is 26.7 Å². The molecule has 0 unspecified atom stereocenters. The largest absolute Gasteiger partial charge is 0.492 e. The molecule has 0 saturated heterocycles. The second-order valence-electron chi connectivity index (χ2n) is 5.42. The molecule has 3 N–H and O–H groups in total. The fourth-order valence-electron chi connectivity index (χ4n) is 2.31. The number of H-pyrrole nitrogens is 1. The van der Waals surface area contributed by atoms with Crippen molar-refractivity contribution in [3.63, 3.8) is 0 Å². The van der Waals surface area contributed by atoms with Gasteiger partial charge in [0, 0.05) is 11.6 Å². The molecule has 0 spiro atoms. The van der Waals surface area contributed by atoms with Crippen molar-refractivity contribution in [3.8, 4) is 17.0 Å². The molecule has 1 aromatic heterocycles. The van der Waals surface area contributed by atoms with Crippen LogP contribution in [0.25, 0.3) is 11.3 Å². The maximum absolute atomic E-state index is 6.02. The number of benzene rings is 1. The molecule has 1 aliphatic rings. The lowest BCUT2D eigenvalue weighted by atomic mass is 10.0. The third kappa shape index (κ3) is 2.57. The van der Waals surface area contributed by atoms with Crippen LogP contribution < -0.4 is 10.5 Å². The first-order valence-electron chi connectivity index (χ1n) is 6.69. The van der Waals surface area contributed by atoms with Crippen LogP contribution in [0.1, 0.15) is 24.0 Å². The number of nitrogens with one attached hydrogen (secondary N) is 1. The van der Waals surface area contributed by atoms with Crippen molar-refractivity contribution in [2.75, 3.05) is 12.3 Å². The van der Waals surface area contributed by atoms with Crippen LogP contribution in [0.4, 0.5) is 5.82 Å². The van der Waals surface area contributed by atoms with E-state index in [1.165, 1.54) is 18.4 Å². The Kier molecular flexibility index (Phi) is 2.93. The van der Waals surface area contributed by atoms with Gasteiger partial charge in [-0.3, -0.25) is 5.10 Å². The van der Waals surface area contributed by atoms with Crippen LogP contribution in [-0.4, -0.2) is 16.8 Å². The number of nitrogens with two attached hydrogens (primary N) is 1. The summed E-state index contributed by atoms with van der Waals surface area (Å²) in [6, 6.07) is 6.10. The predicted molar refractivity (Wildman–Crippen MR) is 76.1 cm³/mol. The van der Waals surface area contributed by atoms with Crippen LogP contribution in [0.2, 0.25) is 0 Å². The Balaban J connectivity index is 1.99. The van der Waals surface area contributed by atoms with Gasteiger partial charge >= 0.3 is 0 Å². The van der Waals surface area contributed by atoms with E-state index < -0.39 is 0 Å². The maximum atomic E-state index is 6.02. The van der Waals surface area contributed by atoms with Gasteiger partial charge in [-0.15, -0.1) is 0 Å². The first kappa shape index (κ1) is 12.1. The number of aryl methyl sites for hydroxylation is 2. The fraction of sp³-hybridized carbons (Fsp3) is 0.400. The molecule has 0 radical (unpaired) electrons. The molecule has 1 fully saturated rings. The molecule has 0 atom stereocenters. The van der Waals surface area contributed by atoms with Crippen molar-refractivity contribution < 1.29 is 4.74 Å². The molecule has 1 aromatic carbocycles. The van der Waals surface area contributed by atoms with Gasteiger partial charge in [0.05, 0.1) is 12.3 Å². The van der Waals surface area contributed by atoms with Gasteiger partial charge in [0.2, 0.25) is 0 Å². The van der Waals surface area contributed by atoms with E-state index in [0.717, 1.165) is 35.1 Å². The van der Waals surface area contributed by atoms with Gasteiger partial charge in [0.15, 0.2) is 0 Å². The summed E-state index contributed by atoms with van der Waals surface area (Å²) >= 11 is 0. The van der Waals surface area contributed by atoms with Gasteiger partial charge < -0.3 is 10.5 Å². The number of rotatable bonds is 4. The highest BCUT2D eigenvalue weighted by molar-refractivity contribution is 5.71.